The van der Waals surface area contributed by atoms with Gasteiger partial charge in [-0.3, -0.25) is 4.79 Å². The SMILES string of the molecule is C=C(C)CN(CC)C(=O)c1ccc(C)o1. The van der Waals surface area contributed by atoms with Gasteiger partial charge in [0.15, 0.2) is 5.76 Å². The number of likely N-dealkylation sites (N-methyl/N-ethyl adjacent to an activating group) is 1. The van der Waals surface area contributed by atoms with Crippen LogP contribution in [0.4, 0.5) is 0 Å². The lowest BCUT2D eigenvalue weighted by Crippen LogP contribution is -2.31. The highest BCUT2D eigenvalue weighted by molar-refractivity contribution is 5.91. The zero-order valence-corrected chi connectivity index (χ0v) is 9.54. The molecule has 0 aliphatic carbocycles. The van der Waals surface area contributed by atoms with E-state index in [0.717, 1.165) is 11.3 Å². The molecule has 0 radical (unpaired) electrons. The van der Waals surface area contributed by atoms with Crippen LogP contribution in [0.2, 0.25) is 0 Å². The van der Waals surface area contributed by atoms with E-state index in [0.29, 0.717) is 18.8 Å². The van der Waals surface area contributed by atoms with Gasteiger partial charge in [0.1, 0.15) is 5.76 Å². The smallest absolute Gasteiger partial charge is 0.289 e. The molecule has 1 heterocycles. The normalized spacial score (nSPS) is 10.1. The summed E-state index contributed by atoms with van der Waals surface area (Å²) >= 11 is 0. The molecule has 0 saturated carbocycles. The van der Waals surface area contributed by atoms with Gasteiger partial charge < -0.3 is 9.32 Å². The highest BCUT2D eigenvalue weighted by Gasteiger charge is 2.16. The summed E-state index contributed by atoms with van der Waals surface area (Å²) in [6.07, 6.45) is 0. The monoisotopic (exact) mass is 207 g/mol. The predicted octanol–water partition coefficient (Wildman–Crippen LogP) is 2.63. The quantitative estimate of drug-likeness (QED) is 0.711. The first-order valence-corrected chi connectivity index (χ1v) is 5.04. The summed E-state index contributed by atoms with van der Waals surface area (Å²) in [5.41, 5.74) is 0.966. The van der Waals surface area contributed by atoms with Crippen molar-refractivity contribution >= 4 is 5.91 Å². The molecule has 82 valence electrons. The van der Waals surface area contributed by atoms with E-state index < -0.39 is 0 Å². The number of furan rings is 1. The van der Waals surface area contributed by atoms with Crippen molar-refractivity contribution in [3.63, 3.8) is 0 Å². The van der Waals surface area contributed by atoms with Crippen LogP contribution >= 0.6 is 0 Å². The summed E-state index contributed by atoms with van der Waals surface area (Å²) in [5, 5.41) is 0. The van der Waals surface area contributed by atoms with Gasteiger partial charge in [-0.2, -0.15) is 0 Å². The van der Waals surface area contributed by atoms with Gasteiger partial charge in [0.25, 0.3) is 5.91 Å². The Hall–Kier alpha value is -1.51. The molecular formula is C12H17NO2. The number of aryl methyl sites for hydroxylation is 1. The number of hydrogen-bond acceptors (Lipinski definition) is 2. The number of hydrogen-bond donors (Lipinski definition) is 0. The fourth-order valence-electron chi connectivity index (χ4n) is 1.36. The molecule has 0 bridgehead atoms. The third kappa shape index (κ3) is 2.98. The molecule has 1 aromatic rings. The zero-order chi connectivity index (χ0) is 11.4. The molecule has 0 spiro atoms. The van der Waals surface area contributed by atoms with E-state index in [9.17, 15) is 4.79 Å². The average Bonchev–Trinajstić information content (AvgIpc) is 2.60. The molecule has 1 amide bonds. The average molecular weight is 207 g/mol. The Morgan fingerprint density at radius 3 is 2.60 bits per heavy atom. The summed E-state index contributed by atoms with van der Waals surface area (Å²) in [5.74, 6) is 1.08. The molecular weight excluding hydrogens is 190 g/mol. The van der Waals surface area contributed by atoms with Crippen LogP contribution in [0.15, 0.2) is 28.7 Å². The first-order chi connectivity index (χ1) is 7.04. The molecule has 1 aromatic heterocycles. The molecule has 1 rings (SSSR count). The lowest BCUT2D eigenvalue weighted by atomic mass is 10.3. The first kappa shape index (κ1) is 11.6. The van der Waals surface area contributed by atoms with E-state index in [1.54, 1.807) is 17.0 Å². The van der Waals surface area contributed by atoms with Crippen molar-refractivity contribution in [1.82, 2.24) is 4.90 Å². The van der Waals surface area contributed by atoms with Crippen LogP contribution in [0.1, 0.15) is 30.2 Å². The minimum absolute atomic E-state index is 0.0754. The fraction of sp³-hybridized carbons (Fsp3) is 0.417. The topological polar surface area (TPSA) is 33.5 Å². The van der Waals surface area contributed by atoms with Gasteiger partial charge >= 0.3 is 0 Å². The van der Waals surface area contributed by atoms with Crippen molar-refractivity contribution in [1.29, 1.82) is 0 Å². The number of carbonyl (C=O) groups is 1. The van der Waals surface area contributed by atoms with Crippen molar-refractivity contribution in [2.45, 2.75) is 20.8 Å². The largest absolute Gasteiger partial charge is 0.456 e. The van der Waals surface area contributed by atoms with E-state index in [-0.39, 0.29) is 5.91 Å². The minimum atomic E-state index is -0.0754. The molecule has 0 saturated heterocycles. The summed E-state index contributed by atoms with van der Waals surface area (Å²) in [7, 11) is 0. The van der Waals surface area contributed by atoms with Crippen LogP contribution < -0.4 is 0 Å². The lowest BCUT2D eigenvalue weighted by molar-refractivity contribution is 0.0745. The van der Waals surface area contributed by atoms with Crippen LogP contribution in [-0.2, 0) is 0 Å². The highest BCUT2D eigenvalue weighted by atomic mass is 16.3. The molecule has 0 aliphatic rings. The molecule has 0 fully saturated rings. The van der Waals surface area contributed by atoms with Crippen molar-refractivity contribution in [3.8, 4) is 0 Å². The number of rotatable bonds is 4. The van der Waals surface area contributed by atoms with Crippen LogP contribution in [0, 0.1) is 6.92 Å². The van der Waals surface area contributed by atoms with E-state index in [4.69, 9.17) is 4.42 Å². The van der Waals surface area contributed by atoms with Gasteiger partial charge in [-0.15, -0.1) is 0 Å². The van der Waals surface area contributed by atoms with Crippen molar-refractivity contribution < 1.29 is 9.21 Å². The van der Waals surface area contributed by atoms with Gasteiger partial charge in [-0.25, -0.2) is 0 Å². The first-order valence-electron chi connectivity index (χ1n) is 5.04. The molecule has 15 heavy (non-hydrogen) atoms. The van der Waals surface area contributed by atoms with Crippen molar-refractivity contribution in [2.24, 2.45) is 0 Å². The fourth-order valence-corrected chi connectivity index (χ4v) is 1.36. The molecule has 3 nitrogen and oxygen atoms in total. The van der Waals surface area contributed by atoms with Gasteiger partial charge in [0, 0.05) is 13.1 Å². The van der Waals surface area contributed by atoms with Crippen LogP contribution in [0.5, 0.6) is 0 Å². The molecule has 0 atom stereocenters. The standard InChI is InChI=1S/C12H17NO2/c1-5-13(8-9(2)3)12(14)11-7-6-10(4)15-11/h6-7H,2,5,8H2,1,3-4H3. The van der Waals surface area contributed by atoms with Crippen LogP contribution in [0.25, 0.3) is 0 Å². The van der Waals surface area contributed by atoms with Gasteiger partial charge in [0.05, 0.1) is 0 Å². The molecule has 3 heteroatoms. The van der Waals surface area contributed by atoms with Crippen molar-refractivity contribution in [2.75, 3.05) is 13.1 Å². The second kappa shape index (κ2) is 4.82. The van der Waals surface area contributed by atoms with Gasteiger partial charge in [0.2, 0.25) is 0 Å². The molecule has 0 N–H and O–H groups in total. The molecule has 0 aliphatic heterocycles. The molecule has 0 aromatic carbocycles. The van der Waals surface area contributed by atoms with Crippen LogP contribution in [-0.4, -0.2) is 23.9 Å². The van der Waals surface area contributed by atoms with Crippen LogP contribution in [0.3, 0.4) is 0 Å². The van der Waals surface area contributed by atoms with E-state index >= 15 is 0 Å². The van der Waals surface area contributed by atoms with Gasteiger partial charge in [-0.05, 0) is 32.9 Å². The highest BCUT2D eigenvalue weighted by Crippen LogP contribution is 2.10. The number of amides is 1. The van der Waals surface area contributed by atoms with E-state index in [1.807, 2.05) is 20.8 Å². The third-order valence-corrected chi connectivity index (χ3v) is 2.08. The zero-order valence-electron chi connectivity index (χ0n) is 9.54. The van der Waals surface area contributed by atoms with Gasteiger partial charge in [-0.1, -0.05) is 12.2 Å². The Labute approximate surface area is 90.4 Å². The Morgan fingerprint density at radius 1 is 1.53 bits per heavy atom. The Bertz CT molecular complexity index is 365. The number of nitrogens with zero attached hydrogens (tertiary/aromatic N) is 1. The van der Waals surface area contributed by atoms with E-state index in [2.05, 4.69) is 6.58 Å². The Morgan fingerprint density at radius 2 is 2.20 bits per heavy atom. The minimum Gasteiger partial charge on any atom is -0.456 e. The second-order valence-corrected chi connectivity index (χ2v) is 3.69. The predicted molar refractivity (Wildman–Crippen MR) is 59.8 cm³/mol. The Kier molecular flexibility index (Phi) is 3.72. The summed E-state index contributed by atoms with van der Waals surface area (Å²) < 4.78 is 5.29. The lowest BCUT2D eigenvalue weighted by Gasteiger charge is -2.19. The van der Waals surface area contributed by atoms with Crippen molar-refractivity contribution in [3.05, 3.63) is 35.8 Å². The van der Waals surface area contributed by atoms with E-state index in [1.165, 1.54) is 0 Å². The Balaban J connectivity index is 2.77. The number of carbonyl (C=O) groups excluding carboxylic acids is 1. The third-order valence-electron chi connectivity index (χ3n) is 2.08. The summed E-state index contributed by atoms with van der Waals surface area (Å²) in [6.45, 7) is 10.7. The summed E-state index contributed by atoms with van der Waals surface area (Å²) in [4.78, 5) is 13.6. The maximum atomic E-state index is 11.9. The maximum Gasteiger partial charge on any atom is 0.289 e. The molecule has 0 unspecified atom stereocenters. The second-order valence-electron chi connectivity index (χ2n) is 3.69. The summed E-state index contributed by atoms with van der Waals surface area (Å²) in [6, 6.07) is 3.50. The maximum absolute atomic E-state index is 11.9.